The van der Waals surface area contributed by atoms with E-state index < -0.39 is 35.3 Å². The van der Waals surface area contributed by atoms with Gasteiger partial charge in [0.1, 0.15) is 11.7 Å². The molecule has 2 N–H and O–H groups in total. The van der Waals surface area contributed by atoms with Crippen LogP contribution in [-0.2, 0) is 16.1 Å². The fourth-order valence-electron chi connectivity index (χ4n) is 6.40. The van der Waals surface area contributed by atoms with Crippen molar-refractivity contribution in [2.45, 2.75) is 76.8 Å². The van der Waals surface area contributed by atoms with Crippen molar-refractivity contribution >= 4 is 29.4 Å². The summed E-state index contributed by atoms with van der Waals surface area (Å²) in [4.78, 5) is 32.7. The zero-order valence-electron chi connectivity index (χ0n) is 25.3. The monoisotopic (exact) mass is 613 g/mol. The molecule has 1 saturated carbocycles. The van der Waals surface area contributed by atoms with Gasteiger partial charge >= 0.3 is 6.18 Å². The number of benzene rings is 2. The number of nitrogens with one attached hydrogen (secondary N) is 2. The number of hydrogen-bond donors (Lipinski definition) is 2. The first-order chi connectivity index (χ1) is 20.9. The SMILES string of the molecule is C[C@@H]1CN(c2cc(F)c(-c3ccccc3CNC3CCCCC3)cc2NC(=O)C2C=NC(=O)C=C2C(F)(F)F)C[C@H](C)N1C. The molecule has 0 aromatic heterocycles. The third-order valence-electron chi connectivity index (χ3n) is 9.11. The highest BCUT2D eigenvalue weighted by atomic mass is 19.4. The van der Waals surface area contributed by atoms with E-state index in [1.165, 1.54) is 31.4 Å². The summed E-state index contributed by atoms with van der Waals surface area (Å²) in [7, 11) is 2.01. The van der Waals surface area contributed by atoms with Crippen molar-refractivity contribution in [3.8, 4) is 11.1 Å². The predicted octanol–water partition coefficient (Wildman–Crippen LogP) is 6.10. The van der Waals surface area contributed by atoms with E-state index in [-0.39, 0.29) is 23.3 Å². The maximum Gasteiger partial charge on any atom is 0.414 e. The molecule has 0 radical (unpaired) electrons. The molecule has 11 heteroatoms. The van der Waals surface area contributed by atoms with Crippen LogP contribution in [0.25, 0.3) is 11.1 Å². The Hall–Kier alpha value is -3.57. The largest absolute Gasteiger partial charge is 0.414 e. The standard InChI is InChI=1S/C33H39F4N5O2/c1-20-18-42(19-21(2)41(20)3)30-15-28(34)25(24-12-8-7-9-22(24)16-38-23-10-5-4-6-11-23)13-29(30)40-32(44)26-17-39-31(43)14-27(26)33(35,36)37/h7-9,12-15,17,20-21,23,26,38H,4-6,10-11,16,18-19H2,1-3H3,(H,40,44)/t20-,21+,26?. The van der Waals surface area contributed by atoms with Crippen molar-refractivity contribution in [1.82, 2.24) is 10.2 Å². The number of rotatable bonds is 7. The zero-order valence-corrected chi connectivity index (χ0v) is 25.3. The molecule has 2 heterocycles. The van der Waals surface area contributed by atoms with E-state index in [2.05, 4.69) is 20.5 Å². The number of halogens is 4. The number of carbonyl (C=O) groups is 2. The van der Waals surface area contributed by atoms with Crippen LogP contribution in [0.15, 0.2) is 53.0 Å². The molecular weight excluding hydrogens is 574 g/mol. The van der Waals surface area contributed by atoms with Gasteiger partial charge in [-0.15, -0.1) is 0 Å². The van der Waals surface area contributed by atoms with Gasteiger partial charge in [-0.05, 0) is 57.0 Å². The molecule has 1 unspecified atom stereocenters. The van der Waals surface area contributed by atoms with Gasteiger partial charge in [-0.3, -0.25) is 14.5 Å². The second-order valence-electron chi connectivity index (χ2n) is 12.2. The van der Waals surface area contributed by atoms with Gasteiger partial charge in [0.2, 0.25) is 5.91 Å². The zero-order chi connectivity index (χ0) is 31.6. The molecule has 2 aliphatic heterocycles. The minimum atomic E-state index is -4.91. The van der Waals surface area contributed by atoms with Gasteiger partial charge in [-0.1, -0.05) is 43.5 Å². The number of piperazine rings is 1. The van der Waals surface area contributed by atoms with Crippen molar-refractivity contribution in [1.29, 1.82) is 0 Å². The van der Waals surface area contributed by atoms with E-state index in [1.54, 1.807) is 0 Å². The van der Waals surface area contributed by atoms with Crippen molar-refractivity contribution in [2.24, 2.45) is 10.9 Å². The number of nitrogens with zero attached hydrogens (tertiary/aromatic N) is 3. The molecule has 236 valence electrons. The molecule has 44 heavy (non-hydrogen) atoms. The van der Waals surface area contributed by atoms with Crippen LogP contribution in [0.4, 0.5) is 28.9 Å². The second-order valence-corrected chi connectivity index (χ2v) is 12.2. The number of dihydropyridines is 1. The molecule has 2 fully saturated rings. The van der Waals surface area contributed by atoms with Crippen molar-refractivity contribution < 1.29 is 27.2 Å². The number of hydrogen-bond acceptors (Lipinski definition) is 5. The lowest BCUT2D eigenvalue weighted by Crippen LogP contribution is -2.55. The van der Waals surface area contributed by atoms with E-state index in [4.69, 9.17) is 0 Å². The lowest BCUT2D eigenvalue weighted by molar-refractivity contribution is -0.124. The Morgan fingerprint density at radius 3 is 2.39 bits per heavy atom. The van der Waals surface area contributed by atoms with E-state index in [1.807, 2.05) is 50.1 Å². The van der Waals surface area contributed by atoms with Crippen molar-refractivity contribution in [3.63, 3.8) is 0 Å². The summed E-state index contributed by atoms with van der Waals surface area (Å²) in [6.45, 7) is 5.66. The average Bonchev–Trinajstić information content (AvgIpc) is 2.99. The van der Waals surface area contributed by atoms with Gasteiger partial charge in [0.05, 0.1) is 16.9 Å². The summed E-state index contributed by atoms with van der Waals surface area (Å²) in [6, 6.07) is 10.9. The van der Waals surface area contributed by atoms with Crippen LogP contribution in [0, 0.1) is 11.7 Å². The quantitative estimate of drug-likeness (QED) is 0.370. The summed E-state index contributed by atoms with van der Waals surface area (Å²) >= 11 is 0. The molecule has 2 aromatic rings. The number of aliphatic imine (C=N–C) groups is 1. The lowest BCUT2D eigenvalue weighted by atomic mass is 9.94. The number of amides is 2. The maximum absolute atomic E-state index is 16.1. The Morgan fingerprint density at radius 2 is 1.70 bits per heavy atom. The molecule has 1 aliphatic carbocycles. The summed E-state index contributed by atoms with van der Waals surface area (Å²) < 4.78 is 57.5. The predicted molar refractivity (Wildman–Crippen MR) is 164 cm³/mol. The van der Waals surface area contributed by atoms with Crippen LogP contribution in [0.5, 0.6) is 0 Å². The lowest BCUT2D eigenvalue weighted by Gasteiger charge is -2.44. The summed E-state index contributed by atoms with van der Waals surface area (Å²) in [6.07, 6.45) is 1.92. The average molecular weight is 614 g/mol. The minimum absolute atomic E-state index is 0.105. The van der Waals surface area contributed by atoms with Crippen LogP contribution in [0.3, 0.4) is 0 Å². The second kappa shape index (κ2) is 13.2. The first-order valence-electron chi connectivity index (χ1n) is 15.2. The molecule has 7 nitrogen and oxygen atoms in total. The van der Waals surface area contributed by atoms with Crippen LogP contribution in [-0.4, -0.2) is 67.4 Å². The van der Waals surface area contributed by atoms with E-state index >= 15 is 4.39 Å². The Labute approximate surface area is 255 Å². The van der Waals surface area contributed by atoms with Gasteiger partial charge in [-0.2, -0.15) is 13.2 Å². The van der Waals surface area contributed by atoms with Gasteiger partial charge in [0.15, 0.2) is 0 Å². The Kier molecular flexibility index (Phi) is 9.55. The summed E-state index contributed by atoms with van der Waals surface area (Å²) in [5.74, 6) is -4.41. The number of likely N-dealkylation sites (N-methyl/N-ethyl adjacent to an activating group) is 1. The van der Waals surface area contributed by atoms with Crippen LogP contribution >= 0.6 is 0 Å². The van der Waals surface area contributed by atoms with Gasteiger partial charge < -0.3 is 15.5 Å². The first-order valence-corrected chi connectivity index (χ1v) is 15.2. The maximum atomic E-state index is 16.1. The van der Waals surface area contributed by atoms with Crippen molar-refractivity contribution in [3.05, 3.63) is 59.4 Å². The fourth-order valence-corrected chi connectivity index (χ4v) is 6.40. The molecule has 0 spiro atoms. The molecule has 5 rings (SSSR count). The highest BCUT2D eigenvalue weighted by Crippen LogP contribution is 2.39. The highest BCUT2D eigenvalue weighted by molar-refractivity contribution is 6.11. The number of carbonyl (C=O) groups excluding carboxylic acids is 2. The summed E-state index contributed by atoms with van der Waals surface area (Å²) in [5, 5.41) is 6.25. The van der Waals surface area contributed by atoms with Crippen LogP contribution in [0.1, 0.15) is 51.5 Å². The normalized spacial score (nSPS) is 23.5. The molecule has 2 amide bonds. The third-order valence-corrected chi connectivity index (χ3v) is 9.11. The van der Waals surface area contributed by atoms with Gasteiger partial charge in [0, 0.05) is 55.6 Å². The van der Waals surface area contributed by atoms with Crippen LogP contribution < -0.4 is 15.5 Å². The van der Waals surface area contributed by atoms with Crippen molar-refractivity contribution in [2.75, 3.05) is 30.4 Å². The topological polar surface area (TPSA) is 77.0 Å². The highest BCUT2D eigenvalue weighted by Gasteiger charge is 2.43. The Bertz CT molecular complexity index is 1440. The smallest absolute Gasteiger partial charge is 0.367 e. The minimum Gasteiger partial charge on any atom is -0.367 e. The molecule has 2 aromatic carbocycles. The van der Waals surface area contributed by atoms with Gasteiger partial charge in [0.25, 0.3) is 5.91 Å². The van der Waals surface area contributed by atoms with E-state index in [0.29, 0.717) is 43.0 Å². The Morgan fingerprint density at radius 1 is 1.02 bits per heavy atom. The number of alkyl halides is 3. The molecular formula is C33H39F4N5O2. The molecule has 3 aliphatic rings. The Balaban J connectivity index is 1.52. The molecule has 1 saturated heterocycles. The van der Waals surface area contributed by atoms with E-state index in [0.717, 1.165) is 24.6 Å². The first kappa shape index (κ1) is 31.8. The van der Waals surface area contributed by atoms with Crippen LogP contribution in [0.2, 0.25) is 0 Å². The molecule has 3 atom stereocenters. The number of anilines is 2. The van der Waals surface area contributed by atoms with Gasteiger partial charge in [-0.25, -0.2) is 9.38 Å². The molecule has 0 bridgehead atoms. The fraction of sp³-hybridized carbons (Fsp3) is 0.485. The third kappa shape index (κ3) is 7.04. The van der Waals surface area contributed by atoms with E-state index in [9.17, 15) is 22.8 Å². The summed E-state index contributed by atoms with van der Waals surface area (Å²) in [5.41, 5.74) is 1.03.